The number of rotatable bonds is 4. The molecule has 1 heterocycles. The molecule has 1 aromatic heterocycles. The Labute approximate surface area is 128 Å². The lowest BCUT2D eigenvalue weighted by Crippen LogP contribution is -2.05. The number of ether oxygens (including phenoxy) is 1. The van der Waals surface area contributed by atoms with Crippen LogP contribution in [-0.2, 0) is 13.6 Å². The van der Waals surface area contributed by atoms with Crippen molar-refractivity contribution in [3.05, 3.63) is 39.1 Å². The quantitative estimate of drug-likeness (QED) is 0.923. The van der Waals surface area contributed by atoms with Crippen LogP contribution in [0.2, 0.25) is 0 Å². The van der Waals surface area contributed by atoms with Crippen LogP contribution in [0, 0.1) is 20.8 Å². The molecule has 4 nitrogen and oxygen atoms in total. The van der Waals surface area contributed by atoms with Crippen molar-refractivity contribution in [2.45, 2.75) is 27.3 Å². The zero-order valence-electron chi connectivity index (χ0n) is 12.5. The summed E-state index contributed by atoms with van der Waals surface area (Å²) in [4.78, 5) is 0. The average molecular weight is 338 g/mol. The van der Waals surface area contributed by atoms with E-state index in [-0.39, 0.29) is 0 Å². The van der Waals surface area contributed by atoms with E-state index in [2.05, 4.69) is 46.3 Å². The molecule has 0 atom stereocenters. The first-order valence-corrected chi connectivity index (χ1v) is 7.30. The molecule has 0 spiro atoms. The third kappa shape index (κ3) is 2.82. The SMILES string of the molecule is COc1cc(Br)cc(C)c1NCc1c(C)nn(C)c1C. The summed E-state index contributed by atoms with van der Waals surface area (Å²) in [6, 6.07) is 4.05. The van der Waals surface area contributed by atoms with E-state index in [0.717, 1.165) is 33.7 Å². The number of nitrogens with one attached hydrogen (secondary N) is 1. The fourth-order valence-corrected chi connectivity index (χ4v) is 2.90. The monoisotopic (exact) mass is 337 g/mol. The number of benzene rings is 1. The maximum Gasteiger partial charge on any atom is 0.143 e. The van der Waals surface area contributed by atoms with Gasteiger partial charge >= 0.3 is 0 Å². The van der Waals surface area contributed by atoms with Crippen molar-refractivity contribution in [1.29, 1.82) is 0 Å². The fourth-order valence-electron chi connectivity index (χ4n) is 2.35. The van der Waals surface area contributed by atoms with Gasteiger partial charge in [-0.05, 0) is 38.5 Å². The lowest BCUT2D eigenvalue weighted by Gasteiger charge is -2.15. The molecule has 20 heavy (non-hydrogen) atoms. The summed E-state index contributed by atoms with van der Waals surface area (Å²) < 4.78 is 8.38. The lowest BCUT2D eigenvalue weighted by molar-refractivity contribution is 0.416. The average Bonchev–Trinajstić information content (AvgIpc) is 2.62. The molecule has 1 aromatic carbocycles. The molecule has 0 aliphatic heterocycles. The molecule has 2 rings (SSSR count). The first kappa shape index (κ1) is 14.9. The number of nitrogens with zero attached hydrogens (tertiary/aromatic N) is 2. The first-order valence-electron chi connectivity index (χ1n) is 6.51. The van der Waals surface area contributed by atoms with Crippen LogP contribution in [-0.4, -0.2) is 16.9 Å². The second-order valence-corrected chi connectivity index (χ2v) is 5.84. The topological polar surface area (TPSA) is 39.1 Å². The molecule has 0 bridgehead atoms. The van der Waals surface area contributed by atoms with Crippen LogP contribution in [0.3, 0.4) is 0 Å². The van der Waals surface area contributed by atoms with Crippen molar-refractivity contribution in [3.8, 4) is 5.75 Å². The van der Waals surface area contributed by atoms with E-state index in [1.807, 2.05) is 24.7 Å². The van der Waals surface area contributed by atoms with Crippen LogP contribution >= 0.6 is 15.9 Å². The maximum absolute atomic E-state index is 5.45. The van der Waals surface area contributed by atoms with Gasteiger partial charge < -0.3 is 10.1 Å². The van der Waals surface area contributed by atoms with Crippen molar-refractivity contribution >= 4 is 21.6 Å². The molecule has 0 saturated heterocycles. The predicted molar refractivity (Wildman–Crippen MR) is 85.4 cm³/mol. The van der Waals surface area contributed by atoms with E-state index in [4.69, 9.17) is 4.74 Å². The molecule has 0 aliphatic carbocycles. The molecule has 1 N–H and O–H groups in total. The van der Waals surface area contributed by atoms with Gasteiger partial charge in [-0.15, -0.1) is 0 Å². The van der Waals surface area contributed by atoms with Crippen LogP contribution in [0.5, 0.6) is 5.75 Å². The van der Waals surface area contributed by atoms with Crippen molar-refractivity contribution in [1.82, 2.24) is 9.78 Å². The van der Waals surface area contributed by atoms with Gasteiger partial charge in [-0.2, -0.15) is 5.10 Å². The summed E-state index contributed by atoms with van der Waals surface area (Å²) in [5.74, 6) is 0.844. The first-order chi connectivity index (χ1) is 9.43. The Morgan fingerprint density at radius 1 is 1.30 bits per heavy atom. The Morgan fingerprint density at radius 2 is 2.00 bits per heavy atom. The minimum Gasteiger partial charge on any atom is -0.495 e. The number of aromatic nitrogens is 2. The molecule has 108 valence electrons. The number of hydrogen-bond acceptors (Lipinski definition) is 3. The van der Waals surface area contributed by atoms with Crippen molar-refractivity contribution in [3.63, 3.8) is 0 Å². The summed E-state index contributed by atoms with van der Waals surface area (Å²) in [7, 11) is 3.66. The van der Waals surface area contributed by atoms with Gasteiger partial charge in [-0.1, -0.05) is 15.9 Å². The standard InChI is InChI=1S/C15H20BrN3O/c1-9-6-12(16)7-14(20-5)15(9)17-8-13-10(2)18-19(4)11(13)3/h6-7,17H,8H2,1-5H3. The highest BCUT2D eigenvalue weighted by atomic mass is 79.9. The second kappa shape index (κ2) is 5.87. The second-order valence-electron chi connectivity index (χ2n) is 4.93. The highest BCUT2D eigenvalue weighted by Crippen LogP contribution is 2.32. The molecular formula is C15H20BrN3O. The summed E-state index contributed by atoms with van der Waals surface area (Å²) in [5.41, 5.74) is 5.65. The minimum absolute atomic E-state index is 0.740. The van der Waals surface area contributed by atoms with Gasteiger partial charge in [0, 0.05) is 29.3 Å². The Kier molecular flexibility index (Phi) is 4.38. The third-order valence-electron chi connectivity index (χ3n) is 3.58. The molecular weight excluding hydrogens is 318 g/mol. The molecule has 0 saturated carbocycles. The van der Waals surface area contributed by atoms with E-state index in [9.17, 15) is 0 Å². The van der Waals surface area contributed by atoms with E-state index >= 15 is 0 Å². The van der Waals surface area contributed by atoms with Gasteiger partial charge in [0.05, 0.1) is 18.5 Å². The van der Waals surface area contributed by atoms with Gasteiger partial charge in [0.25, 0.3) is 0 Å². The van der Waals surface area contributed by atoms with Crippen LogP contribution in [0.25, 0.3) is 0 Å². The van der Waals surface area contributed by atoms with Crippen molar-refractivity contribution in [2.24, 2.45) is 7.05 Å². The van der Waals surface area contributed by atoms with Crippen LogP contribution in [0.4, 0.5) is 5.69 Å². The highest BCUT2D eigenvalue weighted by molar-refractivity contribution is 9.10. The Bertz CT molecular complexity index is 635. The normalized spacial score (nSPS) is 10.7. The Hall–Kier alpha value is -1.49. The summed E-state index contributed by atoms with van der Waals surface area (Å²) >= 11 is 3.49. The van der Waals surface area contributed by atoms with Gasteiger partial charge in [-0.25, -0.2) is 0 Å². The summed E-state index contributed by atoms with van der Waals surface area (Å²) in [6.07, 6.45) is 0. The summed E-state index contributed by atoms with van der Waals surface area (Å²) in [5, 5.41) is 7.91. The highest BCUT2D eigenvalue weighted by Gasteiger charge is 2.12. The molecule has 0 amide bonds. The van der Waals surface area contributed by atoms with Crippen molar-refractivity contribution in [2.75, 3.05) is 12.4 Å². The van der Waals surface area contributed by atoms with E-state index < -0.39 is 0 Å². The lowest BCUT2D eigenvalue weighted by atomic mass is 10.1. The van der Waals surface area contributed by atoms with Gasteiger partial charge in [0.15, 0.2) is 0 Å². The molecule has 2 aromatic rings. The Balaban J connectivity index is 2.27. The number of halogens is 1. The zero-order valence-corrected chi connectivity index (χ0v) is 14.1. The third-order valence-corrected chi connectivity index (χ3v) is 4.04. The fraction of sp³-hybridized carbons (Fsp3) is 0.400. The predicted octanol–water partition coefficient (Wildman–Crippen LogP) is 3.73. The zero-order chi connectivity index (χ0) is 14.9. The van der Waals surface area contributed by atoms with Gasteiger partial charge in [0.1, 0.15) is 5.75 Å². The molecule has 0 radical (unpaired) electrons. The van der Waals surface area contributed by atoms with Gasteiger partial charge in [-0.3, -0.25) is 4.68 Å². The molecule has 5 heteroatoms. The van der Waals surface area contributed by atoms with Crippen LogP contribution < -0.4 is 10.1 Å². The van der Waals surface area contributed by atoms with Crippen LogP contribution in [0.15, 0.2) is 16.6 Å². The van der Waals surface area contributed by atoms with Crippen LogP contribution in [0.1, 0.15) is 22.5 Å². The number of methoxy groups -OCH3 is 1. The van der Waals surface area contributed by atoms with E-state index in [1.165, 1.54) is 11.3 Å². The number of aryl methyl sites for hydroxylation is 3. The number of anilines is 1. The smallest absolute Gasteiger partial charge is 0.143 e. The number of hydrogen-bond donors (Lipinski definition) is 1. The van der Waals surface area contributed by atoms with E-state index in [1.54, 1.807) is 7.11 Å². The maximum atomic E-state index is 5.45. The summed E-state index contributed by atoms with van der Waals surface area (Å²) in [6.45, 7) is 6.93. The largest absolute Gasteiger partial charge is 0.495 e. The molecule has 0 fully saturated rings. The molecule has 0 aliphatic rings. The molecule has 0 unspecified atom stereocenters. The Morgan fingerprint density at radius 3 is 2.55 bits per heavy atom. The van der Waals surface area contributed by atoms with Gasteiger partial charge in [0.2, 0.25) is 0 Å². The minimum atomic E-state index is 0.740. The van der Waals surface area contributed by atoms with Crippen molar-refractivity contribution < 1.29 is 4.74 Å². The van der Waals surface area contributed by atoms with E-state index in [0.29, 0.717) is 0 Å².